The molecule has 0 spiro atoms. The van der Waals surface area contributed by atoms with Crippen LogP contribution in [0.3, 0.4) is 0 Å². The molecule has 6 nitrogen and oxygen atoms in total. The minimum Gasteiger partial charge on any atom is -0.494 e. The number of piperazine rings is 1. The molecule has 1 aromatic rings. The van der Waals surface area contributed by atoms with E-state index in [0.717, 1.165) is 44.4 Å². The average Bonchev–Trinajstić information content (AvgIpc) is 2.70. The SMILES string of the molecule is CCOc1ccc(CN(C)C(=NC)NCC(C)N2CCN(CC)CC2)cc1. The van der Waals surface area contributed by atoms with Crippen molar-refractivity contribution < 1.29 is 4.74 Å². The topological polar surface area (TPSA) is 43.3 Å². The fourth-order valence-corrected chi connectivity index (χ4v) is 3.48. The van der Waals surface area contributed by atoms with Crippen molar-refractivity contribution in [3.63, 3.8) is 0 Å². The lowest BCUT2D eigenvalue weighted by Crippen LogP contribution is -2.53. The zero-order chi connectivity index (χ0) is 19.6. The molecule has 0 aromatic heterocycles. The van der Waals surface area contributed by atoms with E-state index in [1.54, 1.807) is 0 Å². The minimum absolute atomic E-state index is 0.500. The Morgan fingerprint density at radius 1 is 1.19 bits per heavy atom. The van der Waals surface area contributed by atoms with Gasteiger partial charge in [0, 0.05) is 59.4 Å². The summed E-state index contributed by atoms with van der Waals surface area (Å²) < 4.78 is 5.51. The second-order valence-electron chi connectivity index (χ2n) is 7.18. The van der Waals surface area contributed by atoms with Crippen LogP contribution in [0.25, 0.3) is 0 Å². The third kappa shape index (κ3) is 6.70. The molecular formula is C21H37N5O. The first-order valence-electron chi connectivity index (χ1n) is 10.2. The molecule has 1 aliphatic rings. The fourth-order valence-electron chi connectivity index (χ4n) is 3.48. The van der Waals surface area contributed by atoms with Crippen LogP contribution in [0.5, 0.6) is 5.75 Å². The van der Waals surface area contributed by atoms with Gasteiger partial charge in [-0.15, -0.1) is 0 Å². The second-order valence-corrected chi connectivity index (χ2v) is 7.18. The molecule has 0 amide bonds. The van der Waals surface area contributed by atoms with E-state index in [1.807, 2.05) is 26.1 Å². The number of aliphatic imine (C=N–C) groups is 1. The van der Waals surface area contributed by atoms with Crippen molar-refractivity contribution in [3.05, 3.63) is 29.8 Å². The van der Waals surface area contributed by atoms with E-state index in [9.17, 15) is 0 Å². The maximum absolute atomic E-state index is 5.51. The lowest BCUT2D eigenvalue weighted by atomic mass is 10.2. The molecule has 1 N–H and O–H groups in total. The molecule has 1 atom stereocenters. The molecule has 1 fully saturated rings. The molecule has 1 unspecified atom stereocenters. The van der Waals surface area contributed by atoms with Gasteiger partial charge in [-0.05, 0) is 38.1 Å². The summed E-state index contributed by atoms with van der Waals surface area (Å²) in [5.74, 6) is 1.85. The van der Waals surface area contributed by atoms with Crippen LogP contribution in [0, 0.1) is 0 Å². The summed E-state index contributed by atoms with van der Waals surface area (Å²) in [6.07, 6.45) is 0. The van der Waals surface area contributed by atoms with Gasteiger partial charge in [-0.25, -0.2) is 0 Å². The predicted octanol–water partition coefficient (Wildman–Crippen LogP) is 2.12. The summed E-state index contributed by atoms with van der Waals surface area (Å²) in [6.45, 7) is 14.8. The quantitative estimate of drug-likeness (QED) is 0.557. The van der Waals surface area contributed by atoms with Crippen molar-refractivity contribution in [1.82, 2.24) is 20.0 Å². The summed E-state index contributed by atoms with van der Waals surface area (Å²) in [5.41, 5.74) is 1.24. The minimum atomic E-state index is 0.500. The Bertz CT molecular complexity index is 566. The van der Waals surface area contributed by atoms with Crippen molar-refractivity contribution in [2.75, 3.05) is 60.0 Å². The highest BCUT2D eigenvalue weighted by molar-refractivity contribution is 5.79. The first-order valence-corrected chi connectivity index (χ1v) is 10.2. The van der Waals surface area contributed by atoms with E-state index in [-0.39, 0.29) is 0 Å². The van der Waals surface area contributed by atoms with Crippen molar-refractivity contribution in [2.24, 2.45) is 4.99 Å². The van der Waals surface area contributed by atoms with Gasteiger partial charge in [0.2, 0.25) is 0 Å². The number of rotatable bonds is 8. The van der Waals surface area contributed by atoms with E-state index in [2.05, 4.69) is 58.0 Å². The smallest absolute Gasteiger partial charge is 0.193 e. The van der Waals surface area contributed by atoms with Gasteiger partial charge in [0.1, 0.15) is 5.75 Å². The zero-order valence-corrected chi connectivity index (χ0v) is 17.7. The van der Waals surface area contributed by atoms with Gasteiger partial charge in [0.05, 0.1) is 6.61 Å². The van der Waals surface area contributed by atoms with E-state index in [0.29, 0.717) is 12.6 Å². The molecule has 1 saturated heterocycles. The summed E-state index contributed by atoms with van der Waals surface area (Å²) in [4.78, 5) is 11.7. The Balaban J connectivity index is 1.80. The van der Waals surface area contributed by atoms with Gasteiger partial charge in [-0.3, -0.25) is 9.89 Å². The van der Waals surface area contributed by atoms with Crippen LogP contribution in [0.4, 0.5) is 0 Å². The molecule has 1 aliphatic heterocycles. The van der Waals surface area contributed by atoms with Crippen molar-refractivity contribution in [1.29, 1.82) is 0 Å². The van der Waals surface area contributed by atoms with Gasteiger partial charge in [-0.2, -0.15) is 0 Å². The van der Waals surface area contributed by atoms with Crippen LogP contribution >= 0.6 is 0 Å². The van der Waals surface area contributed by atoms with Crippen molar-refractivity contribution in [3.8, 4) is 5.75 Å². The number of benzene rings is 1. The molecular weight excluding hydrogens is 338 g/mol. The molecule has 0 saturated carbocycles. The Labute approximate surface area is 165 Å². The molecule has 0 aliphatic carbocycles. The Morgan fingerprint density at radius 2 is 1.85 bits per heavy atom. The van der Waals surface area contributed by atoms with Crippen molar-refractivity contribution in [2.45, 2.75) is 33.4 Å². The predicted molar refractivity (Wildman–Crippen MR) is 114 cm³/mol. The number of hydrogen-bond acceptors (Lipinski definition) is 4. The summed E-state index contributed by atoms with van der Waals surface area (Å²) in [7, 11) is 3.93. The Morgan fingerprint density at radius 3 is 2.41 bits per heavy atom. The van der Waals surface area contributed by atoms with Gasteiger partial charge < -0.3 is 19.9 Å². The van der Waals surface area contributed by atoms with Crippen LogP contribution in [0.1, 0.15) is 26.3 Å². The van der Waals surface area contributed by atoms with Gasteiger partial charge in [0.15, 0.2) is 5.96 Å². The van der Waals surface area contributed by atoms with Gasteiger partial charge in [-0.1, -0.05) is 19.1 Å². The zero-order valence-electron chi connectivity index (χ0n) is 17.7. The third-order valence-corrected chi connectivity index (χ3v) is 5.26. The number of nitrogens with zero attached hydrogens (tertiary/aromatic N) is 4. The number of nitrogens with one attached hydrogen (secondary N) is 1. The molecule has 1 heterocycles. The van der Waals surface area contributed by atoms with E-state index in [4.69, 9.17) is 4.74 Å². The third-order valence-electron chi connectivity index (χ3n) is 5.26. The molecule has 0 radical (unpaired) electrons. The summed E-state index contributed by atoms with van der Waals surface area (Å²) in [5, 5.41) is 3.54. The lowest BCUT2D eigenvalue weighted by molar-refractivity contribution is 0.107. The highest BCUT2D eigenvalue weighted by atomic mass is 16.5. The molecule has 152 valence electrons. The van der Waals surface area contributed by atoms with E-state index >= 15 is 0 Å². The van der Waals surface area contributed by atoms with Crippen LogP contribution in [0.15, 0.2) is 29.3 Å². The first-order chi connectivity index (χ1) is 13.1. The molecule has 0 bridgehead atoms. The molecule has 1 aromatic carbocycles. The summed E-state index contributed by atoms with van der Waals surface area (Å²) >= 11 is 0. The van der Waals surface area contributed by atoms with Crippen LogP contribution < -0.4 is 10.1 Å². The fraction of sp³-hybridized carbons (Fsp3) is 0.667. The van der Waals surface area contributed by atoms with Crippen LogP contribution in [-0.2, 0) is 6.54 Å². The highest BCUT2D eigenvalue weighted by Crippen LogP contribution is 2.13. The maximum atomic E-state index is 5.51. The van der Waals surface area contributed by atoms with Gasteiger partial charge >= 0.3 is 0 Å². The average molecular weight is 376 g/mol. The summed E-state index contributed by atoms with van der Waals surface area (Å²) in [6, 6.07) is 8.79. The van der Waals surface area contributed by atoms with Crippen LogP contribution in [0.2, 0.25) is 0 Å². The van der Waals surface area contributed by atoms with Gasteiger partial charge in [0.25, 0.3) is 0 Å². The standard InChI is InChI=1S/C21H37N5O/c1-6-25-12-14-26(15-13-25)18(3)16-23-21(22-4)24(5)17-19-8-10-20(11-9-19)27-7-2/h8-11,18H,6-7,12-17H2,1-5H3,(H,22,23). The monoisotopic (exact) mass is 375 g/mol. The molecule has 2 rings (SSSR count). The first kappa shape index (κ1) is 21.5. The second kappa shape index (κ2) is 11.1. The molecule has 27 heavy (non-hydrogen) atoms. The number of likely N-dealkylation sites (N-methyl/N-ethyl adjacent to an activating group) is 1. The number of guanidine groups is 1. The molecule has 6 heteroatoms. The highest BCUT2D eigenvalue weighted by Gasteiger charge is 2.20. The van der Waals surface area contributed by atoms with Crippen molar-refractivity contribution >= 4 is 5.96 Å². The van der Waals surface area contributed by atoms with Crippen LogP contribution in [-0.4, -0.2) is 86.7 Å². The Hall–Kier alpha value is -1.79. The lowest BCUT2D eigenvalue weighted by Gasteiger charge is -2.38. The van der Waals surface area contributed by atoms with E-state index in [1.165, 1.54) is 18.7 Å². The number of ether oxygens (including phenoxy) is 1. The maximum Gasteiger partial charge on any atom is 0.193 e. The normalized spacial score (nSPS) is 17.6. The largest absolute Gasteiger partial charge is 0.494 e. The van der Waals surface area contributed by atoms with E-state index < -0.39 is 0 Å². The number of hydrogen-bond donors (Lipinski definition) is 1. The Kier molecular flexibility index (Phi) is 8.88.